The van der Waals surface area contributed by atoms with Crippen molar-refractivity contribution in [2.24, 2.45) is 0 Å². The second kappa shape index (κ2) is 8.13. The Bertz CT molecular complexity index is 944. The molecule has 5 nitrogen and oxygen atoms in total. The fourth-order valence-corrected chi connectivity index (χ4v) is 4.42. The summed E-state index contributed by atoms with van der Waals surface area (Å²) in [6.45, 7) is 7.16. The molecule has 2 aliphatic rings. The molecule has 0 bridgehead atoms. The number of amides is 1. The average molecular weight is 408 g/mol. The molecule has 1 saturated heterocycles. The monoisotopic (exact) mass is 407 g/mol. The molecule has 2 aliphatic heterocycles. The number of nitrogens with zero attached hydrogens (tertiary/aromatic N) is 1. The maximum atomic E-state index is 13.0. The van der Waals surface area contributed by atoms with Gasteiger partial charge in [-0.25, -0.2) is 0 Å². The predicted molar refractivity (Wildman–Crippen MR) is 115 cm³/mol. The van der Waals surface area contributed by atoms with Gasteiger partial charge in [-0.1, -0.05) is 44.2 Å². The molecule has 0 N–H and O–H groups in total. The lowest BCUT2D eigenvalue weighted by Gasteiger charge is -2.44. The molecule has 1 atom stereocenters. The van der Waals surface area contributed by atoms with E-state index in [1.807, 2.05) is 53.4 Å². The van der Waals surface area contributed by atoms with Gasteiger partial charge in [0.25, 0.3) is 5.91 Å². The van der Waals surface area contributed by atoms with Crippen molar-refractivity contribution in [3.05, 3.63) is 59.7 Å². The van der Waals surface area contributed by atoms with Crippen LogP contribution in [-0.4, -0.2) is 41.4 Å². The zero-order valence-corrected chi connectivity index (χ0v) is 17.9. The first-order chi connectivity index (χ1) is 14.4. The van der Waals surface area contributed by atoms with Crippen molar-refractivity contribution in [3.63, 3.8) is 0 Å². The quantitative estimate of drug-likeness (QED) is 0.743. The lowest BCUT2D eigenvalue weighted by Crippen LogP contribution is -2.54. The first-order valence-electron chi connectivity index (χ1n) is 10.7. The van der Waals surface area contributed by atoms with Gasteiger partial charge >= 0.3 is 0 Å². The number of ketones is 1. The van der Waals surface area contributed by atoms with Gasteiger partial charge < -0.3 is 14.4 Å². The van der Waals surface area contributed by atoms with Crippen molar-refractivity contribution < 1.29 is 19.1 Å². The topological polar surface area (TPSA) is 55.8 Å². The van der Waals surface area contributed by atoms with Crippen LogP contribution in [0.1, 0.15) is 61.9 Å². The molecule has 0 radical (unpaired) electrons. The highest BCUT2D eigenvalue weighted by atomic mass is 16.5. The molecule has 0 aromatic heterocycles. The van der Waals surface area contributed by atoms with E-state index in [2.05, 4.69) is 13.8 Å². The van der Waals surface area contributed by atoms with Crippen molar-refractivity contribution in [1.29, 1.82) is 0 Å². The number of hydrogen-bond donors (Lipinski definition) is 0. The van der Waals surface area contributed by atoms with Gasteiger partial charge in [-0.05, 0) is 36.6 Å². The van der Waals surface area contributed by atoms with Crippen molar-refractivity contribution in [1.82, 2.24) is 4.90 Å². The number of carbonyl (C=O) groups excluding carboxylic acids is 2. The number of rotatable bonds is 4. The Labute approximate surface area is 178 Å². The van der Waals surface area contributed by atoms with Gasteiger partial charge in [0.05, 0.1) is 12.0 Å². The Morgan fingerprint density at radius 2 is 1.70 bits per heavy atom. The largest absolute Gasteiger partial charge is 0.486 e. The fourth-order valence-electron chi connectivity index (χ4n) is 4.42. The van der Waals surface area contributed by atoms with Crippen molar-refractivity contribution in [2.75, 3.05) is 13.1 Å². The standard InChI is InChI=1S/C25H29NO4/c1-17(2)19-8-4-6-10-22(19)29-18(3)24(28)26-14-12-25(13-15-26)16-21(27)20-9-5-7-11-23(20)30-25/h4-11,17-18H,12-16H2,1-3H3. The Hall–Kier alpha value is -2.82. The van der Waals surface area contributed by atoms with E-state index in [0.717, 1.165) is 11.3 Å². The number of Topliss-reactive ketones (excluding diaryl/α,β-unsaturated/α-hetero) is 1. The minimum atomic E-state index is -0.561. The van der Waals surface area contributed by atoms with Crippen LogP contribution in [0.25, 0.3) is 0 Å². The zero-order valence-electron chi connectivity index (χ0n) is 17.9. The highest BCUT2D eigenvalue weighted by Gasteiger charge is 2.44. The summed E-state index contributed by atoms with van der Waals surface area (Å²) < 4.78 is 12.3. The summed E-state index contributed by atoms with van der Waals surface area (Å²) in [5.41, 5.74) is 1.26. The van der Waals surface area contributed by atoms with E-state index in [4.69, 9.17) is 9.47 Å². The van der Waals surface area contributed by atoms with Crippen molar-refractivity contribution >= 4 is 11.7 Å². The van der Waals surface area contributed by atoms with Crippen LogP contribution in [-0.2, 0) is 4.79 Å². The predicted octanol–water partition coefficient (Wildman–Crippen LogP) is 4.60. The molecule has 158 valence electrons. The Morgan fingerprint density at radius 1 is 1.03 bits per heavy atom. The molecule has 4 rings (SSSR count). The molecule has 2 aromatic rings. The van der Waals surface area contributed by atoms with Crippen LogP contribution in [0, 0.1) is 0 Å². The summed E-state index contributed by atoms with van der Waals surface area (Å²) in [6.07, 6.45) is 1.11. The Balaban J connectivity index is 1.40. The van der Waals surface area contributed by atoms with Crippen LogP contribution in [0.2, 0.25) is 0 Å². The lowest BCUT2D eigenvalue weighted by atomic mass is 9.82. The summed E-state index contributed by atoms with van der Waals surface area (Å²) in [6, 6.07) is 15.3. The third kappa shape index (κ3) is 3.93. The number of ether oxygens (including phenoxy) is 2. The van der Waals surface area contributed by atoms with Crippen molar-refractivity contribution in [2.45, 2.75) is 57.7 Å². The molecule has 0 aliphatic carbocycles. The molecule has 1 fully saturated rings. The minimum Gasteiger partial charge on any atom is -0.486 e. The normalized spacial score (nSPS) is 18.7. The second-order valence-corrected chi connectivity index (χ2v) is 8.66. The molecular weight excluding hydrogens is 378 g/mol. The Morgan fingerprint density at radius 3 is 2.43 bits per heavy atom. The van der Waals surface area contributed by atoms with Crippen LogP contribution < -0.4 is 9.47 Å². The number of fused-ring (bicyclic) bond motifs is 1. The van der Waals surface area contributed by atoms with Gasteiger partial charge in [0.15, 0.2) is 11.9 Å². The molecule has 1 unspecified atom stereocenters. The summed E-state index contributed by atoms with van der Waals surface area (Å²) in [5.74, 6) is 1.85. The van der Waals surface area contributed by atoms with Crippen LogP contribution in [0.4, 0.5) is 0 Å². The molecule has 1 spiro atoms. The zero-order chi connectivity index (χ0) is 21.3. The first kappa shape index (κ1) is 20.5. The Kier molecular flexibility index (Phi) is 5.54. The van der Waals surface area contributed by atoms with Crippen molar-refractivity contribution in [3.8, 4) is 11.5 Å². The minimum absolute atomic E-state index is 0.0223. The third-order valence-corrected chi connectivity index (χ3v) is 6.18. The van der Waals surface area contributed by atoms with Gasteiger partial charge in [-0.2, -0.15) is 0 Å². The number of likely N-dealkylation sites (tertiary alicyclic amines) is 1. The van der Waals surface area contributed by atoms with E-state index < -0.39 is 11.7 Å². The fraction of sp³-hybridized carbons (Fsp3) is 0.440. The molecule has 2 heterocycles. The van der Waals surface area contributed by atoms with E-state index in [0.29, 0.717) is 49.6 Å². The smallest absolute Gasteiger partial charge is 0.263 e. The summed E-state index contributed by atoms with van der Waals surface area (Å²) in [7, 11) is 0. The molecule has 0 saturated carbocycles. The van der Waals surface area contributed by atoms with E-state index in [1.54, 1.807) is 6.92 Å². The van der Waals surface area contributed by atoms with E-state index in [-0.39, 0.29) is 11.7 Å². The SMILES string of the molecule is CC(Oc1ccccc1C(C)C)C(=O)N1CCC2(CC1)CC(=O)c1ccccc1O2. The second-order valence-electron chi connectivity index (χ2n) is 8.66. The maximum absolute atomic E-state index is 13.0. The third-order valence-electron chi connectivity index (χ3n) is 6.18. The highest BCUT2D eigenvalue weighted by Crippen LogP contribution is 2.39. The molecule has 1 amide bonds. The van der Waals surface area contributed by atoms with E-state index in [9.17, 15) is 9.59 Å². The average Bonchev–Trinajstić information content (AvgIpc) is 2.74. The number of carbonyl (C=O) groups is 2. The van der Waals surface area contributed by atoms with Gasteiger partial charge in [-0.3, -0.25) is 9.59 Å². The number of para-hydroxylation sites is 2. The first-order valence-corrected chi connectivity index (χ1v) is 10.7. The molecule has 30 heavy (non-hydrogen) atoms. The lowest BCUT2D eigenvalue weighted by molar-refractivity contribution is -0.141. The van der Waals surface area contributed by atoms with Crippen LogP contribution in [0.5, 0.6) is 11.5 Å². The van der Waals surface area contributed by atoms with E-state index >= 15 is 0 Å². The summed E-state index contributed by atoms with van der Waals surface area (Å²) in [5, 5.41) is 0. The van der Waals surface area contributed by atoms with Gasteiger partial charge in [0.1, 0.15) is 17.1 Å². The van der Waals surface area contributed by atoms with Gasteiger partial charge in [0.2, 0.25) is 0 Å². The number of hydrogen-bond acceptors (Lipinski definition) is 4. The van der Waals surface area contributed by atoms with Gasteiger partial charge in [-0.15, -0.1) is 0 Å². The van der Waals surface area contributed by atoms with Crippen LogP contribution in [0.15, 0.2) is 48.5 Å². The molecule has 2 aromatic carbocycles. The maximum Gasteiger partial charge on any atom is 0.263 e. The van der Waals surface area contributed by atoms with Gasteiger partial charge in [0, 0.05) is 25.9 Å². The molecule has 5 heteroatoms. The summed E-state index contributed by atoms with van der Waals surface area (Å²) >= 11 is 0. The molecular formula is C25H29NO4. The van der Waals surface area contributed by atoms with E-state index in [1.165, 1.54) is 0 Å². The van der Waals surface area contributed by atoms with Crippen LogP contribution >= 0.6 is 0 Å². The number of benzene rings is 2. The van der Waals surface area contributed by atoms with Crippen LogP contribution in [0.3, 0.4) is 0 Å². The summed E-state index contributed by atoms with van der Waals surface area (Å²) in [4.78, 5) is 27.4. The highest BCUT2D eigenvalue weighted by molar-refractivity contribution is 6.00. The number of piperidine rings is 1.